The van der Waals surface area contributed by atoms with Gasteiger partial charge in [-0.25, -0.2) is 0 Å². The van der Waals surface area contributed by atoms with Crippen molar-refractivity contribution in [2.75, 3.05) is 45.9 Å². The van der Waals surface area contributed by atoms with Gasteiger partial charge in [0.1, 0.15) is 5.84 Å². The van der Waals surface area contributed by atoms with E-state index in [9.17, 15) is 0 Å². The Hall–Kier alpha value is -0.850. The highest BCUT2D eigenvalue weighted by molar-refractivity contribution is 5.85. The van der Waals surface area contributed by atoms with E-state index < -0.39 is 0 Å². The Labute approximate surface area is 121 Å². The normalized spacial score (nSPS) is 29.5. The van der Waals surface area contributed by atoms with Gasteiger partial charge in [-0.05, 0) is 32.5 Å². The van der Waals surface area contributed by atoms with E-state index in [4.69, 9.17) is 15.7 Å². The molecule has 116 valence electrons. The van der Waals surface area contributed by atoms with Gasteiger partial charge in [-0.2, -0.15) is 0 Å². The molecule has 0 saturated carbocycles. The zero-order valence-electron chi connectivity index (χ0n) is 12.7. The summed E-state index contributed by atoms with van der Waals surface area (Å²) in [4.78, 5) is 4.88. The van der Waals surface area contributed by atoms with Crippen LogP contribution in [0.1, 0.15) is 26.7 Å². The lowest BCUT2D eigenvalue weighted by atomic mass is 9.79. The number of likely N-dealkylation sites (tertiary alicyclic amines) is 1. The molecule has 2 aliphatic heterocycles. The molecule has 6 nitrogen and oxygen atoms in total. The predicted octanol–water partition coefficient (Wildman–Crippen LogP) is 0.556. The number of piperidine rings is 1. The fourth-order valence-electron chi connectivity index (χ4n) is 3.07. The SMILES string of the molecule is CCN1CCOC(CN2CCC(C)(C(N)=NO)CC2)C1. The smallest absolute Gasteiger partial charge is 0.145 e. The summed E-state index contributed by atoms with van der Waals surface area (Å²) >= 11 is 0. The minimum atomic E-state index is -0.159. The third-order valence-corrected chi connectivity index (χ3v) is 4.82. The average molecular weight is 284 g/mol. The van der Waals surface area contributed by atoms with Gasteiger partial charge >= 0.3 is 0 Å². The van der Waals surface area contributed by atoms with E-state index in [0.717, 1.165) is 58.7 Å². The Kier molecular flexibility index (Phi) is 5.23. The first kappa shape index (κ1) is 15.5. The van der Waals surface area contributed by atoms with Crippen molar-refractivity contribution >= 4 is 5.84 Å². The fourth-order valence-corrected chi connectivity index (χ4v) is 3.07. The van der Waals surface area contributed by atoms with Gasteiger partial charge in [-0.15, -0.1) is 0 Å². The molecule has 0 bridgehead atoms. The Morgan fingerprint density at radius 3 is 2.65 bits per heavy atom. The van der Waals surface area contributed by atoms with Crippen LogP contribution < -0.4 is 5.73 Å². The number of ether oxygens (including phenoxy) is 1. The number of nitrogens with zero attached hydrogens (tertiary/aromatic N) is 3. The van der Waals surface area contributed by atoms with Gasteiger partial charge in [0.05, 0.1) is 12.7 Å². The molecule has 0 aliphatic carbocycles. The topological polar surface area (TPSA) is 74.3 Å². The van der Waals surface area contributed by atoms with Crippen LogP contribution in [-0.4, -0.2) is 72.8 Å². The van der Waals surface area contributed by atoms with Gasteiger partial charge < -0.3 is 20.6 Å². The van der Waals surface area contributed by atoms with Crippen LogP contribution in [-0.2, 0) is 4.74 Å². The van der Waals surface area contributed by atoms with Crippen LogP contribution in [0.4, 0.5) is 0 Å². The van der Waals surface area contributed by atoms with Crippen molar-refractivity contribution in [2.24, 2.45) is 16.3 Å². The number of amidine groups is 1. The van der Waals surface area contributed by atoms with Crippen LogP contribution in [0.2, 0.25) is 0 Å². The first-order valence-electron chi connectivity index (χ1n) is 7.61. The highest BCUT2D eigenvalue weighted by atomic mass is 16.5. The second-order valence-corrected chi connectivity index (χ2v) is 6.23. The molecular formula is C14H28N4O2. The monoisotopic (exact) mass is 284 g/mol. The minimum absolute atomic E-state index is 0.159. The second-order valence-electron chi connectivity index (χ2n) is 6.23. The van der Waals surface area contributed by atoms with E-state index in [-0.39, 0.29) is 5.41 Å². The third-order valence-electron chi connectivity index (χ3n) is 4.82. The number of likely N-dealkylation sites (N-methyl/N-ethyl adjacent to an activating group) is 1. The second kappa shape index (κ2) is 6.74. The molecule has 1 atom stereocenters. The van der Waals surface area contributed by atoms with Crippen LogP contribution in [0.3, 0.4) is 0 Å². The number of nitrogens with two attached hydrogens (primary N) is 1. The summed E-state index contributed by atoms with van der Waals surface area (Å²) in [5, 5.41) is 12.0. The molecule has 20 heavy (non-hydrogen) atoms. The van der Waals surface area contributed by atoms with Crippen molar-refractivity contribution in [3.05, 3.63) is 0 Å². The van der Waals surface area contributed by atoms with Crippen molar-refractivity contribution in [2.45, 2.75) is 32.8 Å². The van der Waals surface area contributed by atoms with E-state index in [1.807, 2.05) is 0 Å². The van der Waals surface area contributed by atoms with Gasteiger partial charge in [0.15, 0.2) is 0 Å². The van der Waals surface area contributed by atoms with Crippen LogP contribution in [0.15, 0.2) is 5.16 Å². The summed E-state index contributed by atoms with van der Waals surface area (Å²) in [6, 6.07) is 0. The minimum Gasteiger partial charge on any atom is -0.409 e. The zero-order valence-corrected chi connectivity index (χ0v) is 12.7. The molecule has 2 fully saturated rings. The average Bonchev–Trinajstić information content (AvgIpc) is 2.49. The molecule has 0 spiro atoms. The molecule has 0 aromatic heterocycles. The summed E-state index contributed by atoms with van der Waals surface area (Å²) in [6.07, 6.45) is 2.19. The highest BCUT2D eigenvalue weighted by Crippen LogP contribution is 2.31. The quantitative estimate of drug-likeness (QED) is 0.341. The maximum Gasteiger partial charge on any atom is 0.145 e. The molecule has 0 aromatic rings. The summed E-state index contributed by atoms with van der Waals surface area (Å²) in [5.41, 5.74) is 5.64. The molecule has 0 radical (unpaired) electrons. The molecule has 1 unspecified atom stereocenters. The number of morpholine rings is 1. The van der Waals surface area contributed by atoms with Crippen molar-refractivity contribution in [1.29, 1.82) is 0 Å². The third kappa shape index (κ3) is 3.62. The van der Waals surface area contributed by atoms with Gasteiger partial charge in [-0.1, -0.05) is 19.0 Å². The molecule has 6 heteroatoms. The van der Waals surface area contributed by atoms with Crippen molar-refractivity contribution in [3.8, 4) is 0 Å². The van der Waals surface area contributed by atoms with Crippen molar-refractivity contribution in [1.82, 2.24) is 9.80 Å². The van der Waals surface area contributed by atoms with Crippen LogP contribution in [0, 0.1) is 5.41 Å². The molecule has 0 aromatic carbocycles. The van der Waals surface area contributed by atoms with E-state index in [1.54, 1.807) is 0 Å². The first-order chi connectivity index (χ1) is 9.57. The van der Waals surface area contributed by atoms with Gasteiger partial charge in [0, 0.05) is 25.0 Å². The standard InChI is InChI=1S/C14H28N4O2/c1-3-17-8-9-20-12(10-17)11-18-6-4-14(2,5-7-18)13(15)16-19/h12,19H,3-11H2,1-2H3,(H2,15,16). The zero-order chi connectivity index (χ0) is 14.6. The lowest BCUT2D eigenvalue weighted by Gasteiger charge is -2.41. The number of rotatable bonds is 4. The highest BCUT2D eigenvalue weighted by Gasteiger charge is 2.35. The van der Waals surface area contributed by atoms with E-state index >= 15 is 0 Å². The summed E-state index contributed by atoms with van der Waals surface area (Å²) < 4.78 is 5.86. The summed E-state index contributed by atoms with van der Waals surface area (Å²) in [5.74, 6) is 0.364. The van der Waals surface area contributed by atoms with Crippen LogP contribution in [0.5, 0.6) is 0 Å². The molecular weight excluding hydrogens is 256 g/mol. The Morgan fingerprint density at radius 1 is 1.35 bits per heavy atom. The van der Waals surface area contributed by atoms with Gasteiger partial charge in [0.25, 0.3) is 0 Å². The first-order valence-corrected chi connectivity index (χ1v) is 7.61. The van der Waals surface area contributed by atoms with E-state index in [0.29, 0.717) is 11.9 Å². The maximum absolute atomic E-state index is 8.86. The lowest BCUT2D eigenvalue weighted by molar-refractivity contribution is -0.0462. The van der Waals surface area contributed by atoms with Crippen LogP contribution in [0.25, 0.3) is 0 Å². The number of oxime groups is 1. The van der Waals surface area contributed by atoms with E-state index in [1.165, 1.54) is 0 Å². The lowest BCUT2D eigenvalue weighted by Crippen LogP contribution is -2.51. The Morgan fingerprint density at radius 2 is 2.05 bits per heavy atom. The molecule has 2 heterocycles. The Balaban J connectivity index is 1.80. The number of hydrogen-bond donors (Lipinski definition) is 2. The van der Waals surface area contributed by atoms with Gasteiger partial charge in [0.2, 0.25) is 0 Å². The maximum atomic E-state index is 8.86. The number of hydrogen-bond acceptors (Lipinski definition) is 5. The fraction of sp³-hybridized carbons (Fsp3) is 0.929. The van der Waals surface area contributed by atoms with Crippen molar-refractivity contribution < 1.29 is 9.94 Å². The van der Waals surface area contributed by atoms with Crippen LogP contribution >= 0.6 is 0 Å². The van der Waals surface area contributed by atoms with E-state index in [2.05, 4.69) is 28.8 Å². The molecule has 3 N–H and O–H groups in total. The summed E-state index contributed by atoms with van der Waals surface area (Å²) in [7, 11) is 0. The van der Waals surface area contributed by atoms with Gasteiger partial charge in [-0.3, -0.25) is 4.90 Å². The molecule has 2 saturated heterocycles. The van der Waals surface area contributed by atoms with Crippen molar-refractivity contribution in [3.63, 3.8) is 0 Å². The molecule has 2 aliphatic rings. The largest absolute Gasteiger partial charge is 0.409 e. The molecule has 0 amide bonds. The molecule has 2 rings (SSSR count). The Bertz CT molecular complexity index is 340. The summed E-state index contributed by atoms with van der Waals surface area (Å²) in [6.45, 7) is 11.3. The predicted molar refractivity (Wildman–Crippen MR) is 79.0 cm³/mol.